The molecule has 0 bridgehead atoms. The topological polar surface area (TPSA) is 12.0 Å². The molecule has 102 valence electrons. The van der Waals surface area contributed by atoms with E-state index in [1.165, 1.54) is 16.5 Å². The van der Waals surface area contributed by atoms with Crippen molar-refractivity contribution in [1.82, 2.24) is 5.32 Å². The maximum Gasteiger partial charge on any atom is 0.127 e. The molecular formula is C15H17ClFNS. The van der Waals surface area contributed by atoms with Crippen LogP contribution in [0.25, 0.3) is 0 Å². The number of hydrogen-bond donors (Lipinski definition) is 1. The molecule has 0 amide bonds. The Morgan fingerprint density at radius 2 is 2.16 bits per heavy atom. The van der Waals surface area contributed by atoms with Crippen molar-refractivity contribution in [2.24, 2.45) is 0 Å². The molecule has 0 fully saturated rings. The van der Waals surface area contributed by atoms with Crippen LogP contribution in [0.15, 0.2) is 29.6 Å². The van der Waals surface area contributed by atoms with Gasteiger partial charge in [0.2, 0.25) is 0 Å². The molecule has 2 rings (SSSR count). The normalized spacial score (nSPS) is 12.6. The molecule has 0 spiro atoms. The number of nitrogens with one attached hydrogen (secondary N) is 1. The van der Waals surface area contributed by atoms with E-state index in [2.05, 4.69) is 30.6 Å². The molecule has 0 saturated heterocycles. The molecule has 0 aliphatic rings. The summed E-state index contributed by atoms with van der Waals surface area (Å²) >= 11 is 7.81. The summed E-state index contributed by atoms with van der Waals surface area (Å²) in [6.07, 6.45) is 0.570. The van der Waals surface area contributed by atoms with Crippen LogP contribution in [-0.2, 0) is 6.42 Å². The van der Waals surface area contributed by atoms with Crippen LogP contribution >= 0.6 is 22.9 Å². The summed E-state index contributed by atoms with van der Waals surface area (Å²) in [6.45, 7) is 4.98. The first-order valence-corrected chi connectivity index (χ1v) is 7.59. The lowest BCUT2D eigenvalue weighted by Crippen LogP contribution is -2.23. The fourth-order valence-electron chi connectivity index (χ4n) is 2.18. The van der Waals surface area contributed by atoms with Gasteiger partial charge in [-0.3, -0.25) is 0 Å². The van der Waals surface area contributed by atoms with E-state index in [9.17, 15) is 4.39 Å². The van der Waals surface area contributed by atoms with Gasteiger partial charge < -0.3 is 5.32 Å². The average Bonchev–Trinajstić information content (AvgIpc) is 2.79. The average molecular weight is 298 g/mol. The van der Waals surface area contributed by atoms with Crippen LogP contribution in [0.2, 0.25) is 5.02 Å². The first-order valence-electron chi connectivity index (χ1n) is 6.33. The van der Waals surface area contributed by atoms with Gasteiger partial charge in [-0.05, 0) is 49.0 Å². The monoisotopic (exact) mass is 297 g/mol. The summed E-state index contributed by atoms with van der Waals surface area (Å²) in [6, 6.07) is 7.04. The van der Waals surface area contributed by atoms with E-state index in [0.717, 1.165) is 6.54 Å². The van der Waals surface area contributed by atoms with E-state index < -0.39 is 0 Å². The highest BCUT2D eigenvalue weighted by Crippen LogP contribution is 2.30. The Labute approximate surface area is 122 Å². The van der Waals surface area contributed by atoms with Crippen molar-refractivity contribution in [3.05, 3.63) is 56.5 Å². The quantitative estimate of drug-likeness (QED) is 0.840. The summed E-state index contributed by atoms with van der Waals surface area (Å²) in [5, 5.41) is 5.98. The molecule has 2 aromatic rings. The molecule has 1 nitrogen and oxygen atoms in total. The predicted molar refractivity (Wildman–Crippen MR) is 80.6 cm³/mol. The highest BCUT2D eigenvalue weighted by molar-refractivity contribution is 7.10. The molecular weight excluding hydrogens is 281 g/mol. The van der Waals surface area contributed by atoms with Crippen LogP contribution in [0.4, 0.5) is 4.39 Å². The van der Waals surface area contributed by atoms with Crippen LogP contribution in [0.1, 0.15) is 29.0 Å². The van der Waals surface area contributed by atoms with Gasteiger partial charge in [0.1, 0.15) is 5.82 Å². The van der Waals surface area contributed by atoms with Crippen molar-refractivity contribution in [2.75, 3.05) is 6.54 Å². The van der Waals surface area contributed by atoms with Crippen molar-refractivity contribution in [3.8, 4) is 0 Å². The molecule has 1 aromatic carbocycles. The van der Waals surface area contributed by atoms with Gasteiger partial charge in [-0.2, -0.15) is 0 Å². The predicted octanol–water partition coefficient (Wildman–Crippen LogP) is 4.74. The molecule has 0 radical (unpaired) electrons. The van der Waals surface area contributed by atoms with Crippen LogP contribution in [0, 0.1) is 12.7 Å². The highest BCUT2D eigenvalue weighted by atomic mass is 35.5. The number of likely N-dealkylation sites (N-methyl/N-ethyl adjacent to an activating group) is 1. The standard InChI is InChI=1S/C15H17ClFNS/c1-3-18-14(15-10(2)7-8-19-15)9-11-12(16)5-4-6-13(11)17/h4-8,14,18H,3,9H2,1-2H3. The fraction of sp³-hybridized carbons (Fsp3) is 0.333. The van der Waals surface area contributed by atoms with Gasteiger partial charge in [-0.25, -0.2) is 4.39 Å². The van der Waals surface area contributed by atoms with Crippen molar-refractivity contribution in [2.45, 2.75) is 26.3 Å². The zero-order chi connectivity index (χ0) is 13.8. The van der Waals surface area contributed by atoms with Crippen LogP contribution < -0.4 is 5.32 Å². The van der Waals surface area contributed by atoms with E-state index >= 15 is 0 Å². The third kappa shape index (κ3) is 3.35. The van der Waals surface area contributed by atoms with E-state index in [-0.39, 0.29) is 11.9 Å². The first kappa shape index (κ1) is 14.5. The van der Waals surface area contributed by atoms with E-state index in [1.807, 2.05) is 0 Å². The zero-order valence-electron chi connectivity index (χ0n) is 11.0. The van der Waals surface area contributed by atoms with Gasteiger partial charge in [0.15, 0.2) is 0 Å². The minimum atomic E-state index is -0.232. The number of aryl methyl sites for hydroxylation is 1. The van der Waals surface area contributed by atoms with Crippen LogP contribution in [0.3, 0.4) is 0 Å². The van der Waals surface area contributed by atoms with Gasteiger partial charge in [-0.15, -0.1) is 11.3 Å². The second-order valence-electron chi connectivity index (χ2n) is 4.48. The second kappa shape index (κ2) is 6.51. The Morgan fingerprint density at radius 3 is 2.74 bits per heavy atom. The summed E-state index contributed by atoms with van der Waals surface area (Å²) < 4.78 is 13.9. The summed E-state index contributed by atoms with van der Waals surface area (Å²) in [7, 11) is 0. The summed E-state index contributed by atoms with van der Waals surface area (Å²) in [5.74, 6) is -0.232. The number of rotatable bonds is 5. The fourth-order valence-corrected chi connectivity index (χ4v) is 3.42. The van der Waals surface area contributed by atoms with Crippen molar-refractivity contribution in [1.29, 1.82) is 0 Å². The van der Waals surface area contributed by atoms with Gasteiger partial charge in [-0.1, -0.05) is 24.6 Å². The minimum Gasteiger partial charge on any atom is -0.309 e. The number of hydrogen-bond acceptors (Lipinski definition) is 2. The Bertz CT molecular complexity index is 533. The maximum absolute atomic E-state index is 13.9. The number of benzene rings is 1. The molecule has 1 N–H and O–H groups in total. The first-order chi connectivity index (χ1) is 9.13. The van der Waals surface area contributed by atoms with Crippen molar-refractivity contribution < 1.29 is 4.39 Å². The van der Waals surface area contributed by atoms with E-state index in [1.54, 1.807) is 23.5 Å². The third-order valence-electron chi connectivity index (χ3n) is 3.14. The molecule has 1 heterocycles. The number of thiophene rings is 1. The van der Waals surface area contributed by atoms with E-state index in [4.69, 9.17) is 11.6 Å². The van der Waals surface area contributed by atoms with E-state index in [0.29, 0.717) is 17.0 Å². The Kier molecular flexibility index (Phi) is 4.97. The van der Waals surface area contributed by atoms with Crippen molar-refractivity contribution in [3.63, 3.8) is 0 Å². The van der Waals surface area contributed by atoms with Gasteiger partial charge in [0, 0.05) is 21.5 Å². The highest BCUT2D eigenvalue weighted by Gasteiger charge is 2.18. The summed E-state index contributed by atoms with van der Waals surface area (Å²) in [5.41, 5.74) is 1.83. The lowest BCUT2D eigenvalue weighted by Gasteiger charge is -2.19. The molecule has 1 atom stereocenters. The SMILES string of the molecule is CCNC(Cc1c(F)cccc1Cl)c1sccc1C. The Balaban J connectivity index is 2.29. The Morgan fingerprint density at radius 1 is 1.37 bits per heavy atom. The molecule has 1 aromatic heterocycles. The largest absolute Gasteiger partial charge is 0.309 e. The third-order valence-corrected chi connectivity index (χ3v) is 4.63. The molecule has 0 aliphatic carbocycles. The van der Waals surface area contributed by atoms with Crippen LogP contribution in [-0.4, -0.2) is 6.54 Å². The lowest BCUT2D eigenvalue weighted by molar-refractivity contribution is 0.533. The molecule has 4 heteroatoms. The molecule has 19 heavy (non-hydrogen) atoms. The molecule has 0 saturated carbocycles. The van der Waals surface area contributed by atoms with Gasteiger partial charge in [0.25, 0.3) is 0 Å². The number of halogens is 2. The lowest BCUT2D eigenvalue weighted by atomic mass is 10.0. The second-order valence-corrected chi connectivity index (χ2v) is 5.84. The Hall–Kier alpha value is -0.900. The zero-order valence-corrected chi connectivity index (χ0v) is 12.6. The van der Waals surface area contributed by atoms with Gasteiger partial charge >= 0.3 is 0 Å². The smallest absolute Gasteiger partial charge is 0.127 e. The maximum atomic E-state index is 13.9. The van der Waals surface area contributed by atoms with Crippen LogP contribution in [0.5, 0.6) is 0 Å². The molecule has 1 unspecified atom stereocenters. The minimum absolute atomic E-state index is 0.111. The summed E-state index contributed by atoms with van der Waals surface area (Å²) in [4.78, 5) is 1.25. The van der Waals surface area contributed by atoms with Crippen molar-refractivity contribution >= 4 is 22.9 Å². The molecule has 0 aliphatic heterocycles. The van der Waals surface area contributed by atoms with Gasteiger partial charge in [0.05, 0.1) is 0 Å².